The number of anilines is 1. The fourth-order valence-electron chi connectivity index (χ4n) is 5.07. The summed E-state index contributed by atoms with van der Waals surface area (Å²) in [4.78, 5) is 29.1. The maximum Gasteiger partial charge on any atom is 0.264 e. The van der Waals surface area contributed by atoms with Crippen molar-refractivity contribution in [3.63, 3.8) is 0 Å². The van der Waals surface area contributed by atoms with Crippen LogP contribution in [0.1, 0.15) is 44.6 Å². The molecule has 3 aromatic rings. The van der Waals surface area contributed by atoms with Crippen molar-refractivity contribution in [1.82, 2.24) is 10.2 Å². The molecule has 42 heavy (non-hydrogen) atoms. The van der Waals surface area contributed by atoms with E-state index in [1.54, 1.807) is 43.3 Å². The molecule has 1 unspecified atom stereocenters. The van der Waals surface area contributed by atoms with Crippen molar-refractivity contribution in [3.8, 4) is 0 Å². The van der Waals surface area contributed by atoms with Crippen molar-refractivity contribution < 1.29 is 18.0 Å². The Morgan fingerprint density at radius 1 is 0.905 bits per heavy atom. The van der Waals surface area contributed by atoms with E-state index in [0.29, 0.717) is 15.6 Å². The Morgan fingerprint density at radius 3 is 2.07 bits per heavy atom. The molecule has 7 nitrogen and oxygen atoms in total. The molecule has 2 amide bonds. The number of hydrogen-bond acceptors (Lipinski definition) is 4. The number of rotatable bonds is 11. The third kappa shape index (κ3) is 7.71. The molecule has 0 heterocycles. The topological polar surface area (TPSA) is 86.8 Å². The van der Waals surface area contributed by atoms with Gasteiger partial charge in [0, 0.05) is 38.2 Å². The minimum absolute atomic E-state index is 0.0240. The van der Waals surface area contributed by atoms with E-state index in [9.17, 15) is 18.0 Å². The number of nitrogens with zero attached hydrogens (tertiary/aromatic N) is 2. The normalized spacial score (nSPS) is 14.4. The van der Waals surface area contributed by atoms with Crippen molar-refractivity contribution >= 4 is 73.9 Å². The quantitative estimate of drug-likeness (QED) is 0.231. The molecule has 1 aliphatic rings. The van der Waals surface area contributed by atoms with E-state index in [0.717, 1.165) is 30.0 Å². The number of sulfonamides is 1. The summed E-state index contributed by atoms with van der Waals surface area (Å²) in [6.07, 6.45) is 4.05. The Labute approximate surface area is 266 Å². The molecule has 1 atom stereocenters. The first-order valence-electron chi connectivity index (χ1n) is 13.6. The molecule has 0 saturated heterocycles. The van der Waals surface area contributed by atoms with E-state index >= 15 is 0 Å². The summed E-state index contributed by atoms with van der Waals surface area (Å²) in [5.74, 6) is -0.945. The van der Waals surface area contributed by atoms with Crippen molar-refractivity contribution in [2.75, 3.05) is 10.8 Å². The van der Waals surface area contributed by atoms with Gasteiger partial charge in [-0.1, -0.05) is 90.4 Å². The number of hydrogen-bond donors (Lipinski definition) is 1. The van der Waals surface area contributed by atoms with Crippen molar-refractivity contribution in [2.45, 2.75) is 62.6 Å². The number of halogens is 4. The van der Waals surface area contributed by atoms with Crippen molar-refractivity contribution in [3.05, 3.63) is 92.4 Å². The van der Waals surface area contributed by atoms with E-state index in [1.165, 1.54) is 35.2 Å². The van der Waals surface area contributed by atoms with Crippen LogP contribution in [0.15, 0.2) is 71.6 Å². The minimum Gasteiger partial charge on any atom is -0.352 e. The fourth-order valence-corrected chi connectivity index (χ4v) is 7.52. The van der Waals surface area contributed by atoms with Gasteiger partial charge < -0.3 is 10.2 Å². The van der Waals surface area contributed by atoms with Crippen LogP contribution in [-0.2, 0) is 26.2 Å². The third-order valence-electron chi connectivity index (χ3n) is 7.22. The Bertz CT molecular complexity index is 1490. The van der Waals surface area contributed by atoms with Gasteiger partial charge in [-0.2, -0.15) is 0 Å². The predicted octanol–water partition coefficient (Wildman–Crippen LogP) is 7.36. The van der Waals surface area contributed by atoms with Gasteiger partial charge in [0.1, 0.15) is 12.6 Å². The van der Waals surface area contributed by atoms with E-state index in [4.69, 9.17) is 46.4 Å². The molecule has 4 rings (SSSR count). The zero-order valence-corrected chi connectivity index (χ0v) is 26.7. The summed E-state index contributed by atoms with van der Waals surface area (Å²) in [7, 11) is -4.26. The second-order valence-corrected chi connectivity index (χ2v) is 13.6. The highest BCUT2D eigenvalue weighted by Gasteiger charge is 2.35. The van der Waals surface area contributed by atoms with Gasteiger partial charge in [-0.05, 0) is 61.7 Å². The molecule has 1 aliphatic carbocycles. The van der Waals surface area contributed by atoms with Crippen LogP contribution < -0.4 is 9.62 Å². The van der Waals surface area contributed by atoms with Gasteiger partial charge in [-0.25, -0.2) is 8.42 Å². The van der Waals surface area contributed by atoms with Gasteiger partial charge in [0.05, 0.1) is 10.6 Å². The second kappa shape index (κ2) is 14.3. The molecule has 0 bridgehead atoms. The zero-order valence-electron chi connectivity index (χ0n) is 22.9. The van der Waals surface area contributed by atoms with Crippen LogP contribution in [0.5, 0.6) is 0 Å². The molecule has 3 aromatic carbocycles. The zero-order chi connectivity index (χ0) is 30.4. The molecule has 1 saturated carbocycles. The van der Waals surface area contributed by atoms with Crippen LogP contribution in [0, 0.1) is 0 Å². The highest BCUT2D eigenvalue weighted by atomic mass is 35.5. The van der Waals surface area contributed by atoms with Gasteiger partial charge >= 0.3 is 0 Å². The van der Waals surface area contributed by atoms with Crippen LogP contribution >= 0.6 is 46.4 Å². The first-order chi connectivity index (χ1) is 20.0. The second-order valence-electron chi connectivity index (χ2n) is 10.1. The molecule has 224 valence electrons. The smallest absolute Gasteiger partial charge is 0.264 e. The van der Waals surface area contributed by atoms with Crippen LogP contribution in [0.2, 0.25) is 20.1 Å². The van der Waals surface area contributed by atoms with E-state index in [-0.39, 0.29) is 45.5 Å². The lowest BCUT2D eigenvalue weighted by molar-refractivity contribution is -0.140. The summed E-state index contributed by atoms with van der Waals surface area (Å²) in [5.41, 5.74) is 0.549. The molecule has 0 radical (unpaired) electrons. The van der Waals surface area contributed by atoms with Gasteiger partial charge in [-0.3, -0.25) is 13.9 Å². The molecular weight excluding hydrogens is 640 g/mol. The number of nitrogens with one attached hydrogen (secondary N) is 1. The van der Waals surface area contributed by atoms with Gasteiger partial charge in [0.15, 0.2) is 0 Å². The monoisotopic (exact) mass is 669 g/mol. The first kappa shape index (κ1) is 32.4. The molecular formula is C30H31Cl4N3O4S. The fraction of sp³-hybridized carbons (Fsp3) is 0.333. The number of carbonyl (C=O) groups is 2. The SMILES string of the molecule is CCC(C(=O)NC1CCCC1)N(Cc1c(Cl)cccc1Cl)C(=O)CN(c1cc(Cl)cc(Cl)c1)S(=O)(=O)c1ccccc1. The van der Waals surface area contributed by atoms with Crippen LogP contribution in [0.4, 0.5) is 5.69 Å². The molecule has 0 spiro atoms. The number of benzene rings is 3. The first-order valence-corrected chi connectivity index (χ1v) is 16.5. The predicted molar refractivity (Wildman–Crippen MR) is 169 cm³/mol. The Hall–Kier alpha value is -2.49. The standard InChI is InChI=1S/C30H31Cl4N3O4S/c1-2-28(30(39)35-22-9-6-7-10-22)36(18-25-26(33)13-8-14-27(25)34)29(38)19-37(23-16-20(31)15-21(32)17-23)42(40,41)24-11-4-3-5-12-24/h3-5,8,11-17,22,28H,2,6-7,9-10,18-19H2,1H3,(H,35,39). The van der Waals surface area contributed by atoms with Gasteiger partial charge in [0.25, 0.3) is 10.0 Å². The maximum absolute atomic E-state index is 14.2. The summed E-state index contributed by atoms with van der Waals surface area (Å²) in [6.45, 7) is 1.05. The van der Waals surface area contributed by atoms with Crippen LogP contribution in [-0.4, -0.2) is 43.8 Å². The molecule has 12 heteroatoms. The lowest BCUT2D eigenvalue weighted by atomic mass is 10.1. The third-order valence-corrected chi connectivity index (χ3v) is 10.2. The number of amides is 2. The largest absolute Gasteiger partial charge is 0.352 e. The Kier molecular flexibility index (Phi) is 11.1. The van der Waals surface area contributed by atoms with Crippen LogP contribution in [0.25, 0.3) is 0 Å². The lowest BCUT2D eigenvalue weighted by Gasteiger charge is -2.34. The van der Waals surface area contributed by atoms with E-state index < -0.39 is 28.5 Å². The molecule has 1 N–H and O–H groups in total. The van der Waals surface area contributed by atoms with Crippen LogP contribution in [0.3, 0.4) is 0 Å². The van der Waals surface area contributed by atoms with E-state index in [1.807, 2.05) is 0 Å². The molecule has 0 aliphatic heterocycles. The highest BCUT2D eigenvalue weighted by molar-refractivity contribution is 7.92. The van der Waals surface area contributed by atoms with Gasteiger partial charge in [-0.15, -0.1) is 0 Å². The summed E-state index contributed by atoms with van der Waals surface area (Å²) in [5, 5.41) is 4.10. The van der Waals surface area contributed by atoms with Crippen molar-refractivity contribution in [1.29, 1.82) is 0 Å². The highest BCUT2D eigenvalue weighted by Crippen LogP contribution is 2.31. The summed E-state index contributed by atoms with van der Waals surface area (Å²) in [6, 6.07) is 16.1. The van der Waals surface area contributed by atoms with Gasteiger partial charge in [0.2, 0.25) is 11.8 Å². The summed E-state index contributed by atoms with van der Waals surface area (Å²) >= 11 is 25.4. The molecule has 0 aromatic heterocycles. The summed E-state index contributed by atoms with van der Waals surface area (Å²) < 4.78 is 28.8. The van der Waals surface area contributed by atoms with Crippen molar-refractivity contribution in [2.24, 2.45) is 0 Å². The molecule has 1 fully saturated rings. The lowest BCUT2D eigenvalue weighted by Crippen LogP contribution is -2.53. The Morgan fingerprint density at radius 2 is 1.50 bits per heavy atom. The number of carbonyl (C=O) groups excluding carboxylic acids is 2. The maximum atomic E-state index is 14.2. The average molecular weight is 671 g/mol. The minimum atomic E-state index is -4.26. The average Bonchev–Trinajstić information content (AvgIpc) is 3.46. The van der Waals surface area contributed by atoms with E-state index in [2.05, 4.69) is 5.32 Å². The Balaban J connectivity index is 1.76.